The molecule has 3 aromatic rings. The maximum absolute atomic E-state index is 13.9. The predicted octanol–water partition coefficient (Wildman–Crippen LogP) is 1.96. The highest BCUT2D eigenvalue weighted by Gasteiger charge is 2.24. The number of rotatable bonds is 3. The molecular weight excluding hydrogens is 381 g/mol. The van der Waals surface area contributed by atoms with Crippen LogP contribution in [0.25, 0.3) is 10.2 Å². The van der Waals surface area contributed by atoms with E-state index in [1.54, 1.807) is 24.8 Å². The number of amides is 1. The number of aromatic nitrogens is 3. The molecule has 1 amide bonds. The first-order valence-corrected chi connectivity index (χ1v) is 9.86. The van der Waals surface area contributed by atoms with Gasteiger partial charge in [0, 0.05) is 37.4 Å². The van der Waals surface area contributed by atoms with Gasteiger partial charge in [-0.3, -0.25) is 14.2 Å². The fraction of sp³-hybridized carbons (Fsp3) is 0.368. The summed E-state index contributed by atoms with van der Waals surface area (Å²) in [6.45, 7) is 5.77. The average Bonchev–Trinajstić information content (AvgIpc) is 3.14. The number of carbonyl (C=O) groups is 1. The van der Waals surface area contributed by atoms with Crippen molar-refractivity contribution >= 4 is 32.6 Å². The molecule has 0 aliphatic carbocycles. The molecule has 7 nitrogen and oxygen atoms in total. The topological polar surface area (TPSA) is 71.3 Å². The number of hydrogen-bond donors (Lipinski definition) is 0. The van der Waals surface area contributed by atoms with Gasteiger partial charge in [0.2, 0.25) is 5.91 Å². The first-order valence-electron chi connectivity index (χ1n) is 9.04. The van der Waals surface area contributed by atoms with Crippen molar-refractivity contribution in [2.75, 3.05) is 31.1 Å². The Balaban J connectivity index is 1.42. The van der Waals surface area contributed by atoms with Gasteiger partial charge in [-0.25, -0.2) is 14.4 Å². The van der Waals surface area contributed by atoms with E-state index in [2.05, 4.69) is 14.9 Å². The van der Waals surface area contributed by atoms with E-state index >= 15 is 0 Å². The van der Waals surface area contributed by atoms with Crippen molar-refractivity contribution in [1.29, 1.82) is 0 Å². The number of anilines is 1. The highest BCUT2D eigenvalue weighted by Crippen LogP contribution is 2.30. The summed E-state index contributed by atoms with van der Waals surface area (Å²) in [6.07, 6.45) is 1.43. The molecular formula is C19H20FN5O2S. The number of fused-ring (bicyclic) bond motifs is 1. The fourth-order valence-corrected chi connectivity index (χ4v) is 4.25. The molecule has 3 heterocycles. The van der Waals surface area contributed by atoms with Gasteiger partial charge in [-0.2, -0.15) is 0 Å². The first-order chi connectivity index (χ1) is 13.4. The summed E-state index contributed by atoms with van der Waals surface area (Å²) in [5.41, 5.74) is 1.44. The lowest BCUT2D eigenvalue weighted by atomic mass is 10.2. The maximum Gasteiger partial charge on any atom is 0.256 e. The second kappa shape index (κ2) is 7.31. The van der Waals surface area contributed by atoms with Gasteiger partial charge in [0.1, 0.15) is 17.9 Å². The molecule has 1 aromatic carbocycles. The van der Waals surface area contributed by atoms with Crippen LogP contribution in [-0.4, -0.2) is 51.5 Å². The minimum absolute atomic E-state index is 0.0146. The largest absolute Gasteiger partial charge is 0.345 e. The average molecular weight is 401 g/mol. The number of para-hydroxylation sites is 1. The predicted molar refractivity (Wildman–Crippen MR) is 106 cm³/mol. The number of carbonyl (C=O) groups excluding carboxylic acids is 1. The van der Waals surface area contributed by atoms with Gasteiger partial charge in [-0.15, -0.1) is 0 Å². The summed E-state index contributed by atoms with van der Waals surface area (Å²) < 4.78 is 16.0. The van der Waals surface area contributed by atoms with E-state index in [-0.39, 0.29) is 23.8 Å². The Morgan fingerprint density at radius 1 is 1.21 bits per heavy atom. The van der Waals surface area contributed by atoms with E-state index in [0.29, 0.717) is 43.0 Å². The molecule has 0 unspecified atom stereocenters. The molecule has 1 aliphatic rings. The van der Waals surface area contributed by atoms with Crippen molar-refractivity contribution in [2.24, 2.45) is 0 Å². The summed E-state index contributed by atoms with van der Waals surface area (Å²) >= 11 is 1.45. The van der Waals surface area contributed by atoms with Gasteiger partial charge in [0.15, 0.2) is 5.13 Å². The summed E-state index contributed by atoms with van der Waals surface area (Å²) in [5.74, 6) is -0.427. The van der Waals surface area contributed by atoms with Crippen molar-refractivity contribution < 1.29 is 9.18 Å². The molecule has 146 valence electrons. The molecule has 9 heteroatoms. The SMILES string of the molecule is Cc1ncn(CC(=O)N2CCN(c3nc4c(F)cccc4s3)CC2)c(=O)c1C. The fourth-order valence-electron chi connectivity index (χ4n) is 3.22. The first kappa shape index (κ1) is 18.5. The zero-order chi connectivity index (χ0) is 19.8. The second-order valence-corrected chi connectivity index (χ2v) is 7.85. The molecule has 4 rings (SSSR count). The van der Waals surface area contributed by atoms with Crippen LogP contribution in [0.1, 0.15) is 11.3 Å². The Hall–Kier alpha value is -2.81. The van der Waals surface area contributed by atoms with Crippen LogP contribution in [0.3, 0.4) is 0 Å². The number of thiazole rings is 1. The van der Waals surface area contributed by atoms with E-state index in [1.165, 1.54) is 28.3 Å². The lowest BCUT2D eigenvalue weighted by Crippen LogP contribution is -2.50. The number of halogens is 1. The molecule has 0 saturated carbocycles. The van der Waals surface area contributed by atoms with E-state index in [9.17, 15) is 14.0 Å². The van der Waals surface area contributed by atoms with Crippen LogP contribution in [0.2, 0.25) is 0 Å². The second-order valence-electron chi connectivity index (χ2n) is 6.84. The van der Waals surface area contributed by atoms with Gasteiger partial charge in [-0.1, -0.05) is 17.4 Å². The summed E-state index contributed by atoms with van der Waals surface area (Å²) in [6, 6.07) is 4.94. The normalized spacial score (nSPS) is 14.7. The van der Waals surface area contributed by atoms with E-state index < -0.39 is 0 Å². The van der Waals surface area contributed by atoms with Gasteiger partial charge in [0.05, 0.1) is 11.0 Å². The van der Waals surface area contributed by atoms with E-state index in [0.717, 1.165) is 9.83 Å². The van der Waals surface area contributed by atoms with Crippen LogP contribution in [0.4, 0.5) is 9.52 Å². The lowest BCUT2D eigenvalue weighted by Gasteiger charge is -2.34. The van der Waals surface area contributed by atoms with Crippen molar-refractivity contribution in [1.82, 2.24) is 19.4 Å². The van der Waals surface area contributed by atoms with Gasteiger partial charge in [-0.05, 0) is 26.0 Å². The number of piperazine rings is 1. The zero-order valence-electron chi connectivity index (χ0n) is 15.7. The molecule has 0 radical (unpaired) electrons. The minimum atomic E-state index is -0.318. The van der Waals surface area contributed by atoms with Crippen LogP contribution in [0.5, 0.6) is 0 Å². The number of hydrogen-bond acceptors (Lipinski definition) is 6. The third-order valence-corrected chi connectivity index (χ3v) is 6.16. The van der Waals surface area contributed by atoms with Crippen LogP contribution in [0.15, 0.2) is 29.3 Å². The Labute approximate surface area is 165 Å². The molecule has 1 saturated heterocycles. The Bertz CT molecular complexity index is 1100. The number of aryl methyl sites for hydroxylation is 1. The molecule has 28 heavy (non-hydrogen) atoms. The lowest BCUT2D eigenvalue weighted by molar-refractivity contribution is -0.132. The number of benzene rings is 1. The van der Waals surface area contributed by atoms with Crippen LogP contribution < -0.4 is 10.5 Å². The third kappa shape index (κ3) is 3.37. The molecule has 1 aliphatic heterocycles. The quantitative estimate of drug-likeness (QED) is 0.671. The van der Waals surface area contributed by atoms with Crippen LogP contribution >= 0.6 is 11.3 Å². The highest BCUT2D eigenvalue weighted by atomic mass is 32.1. The standard InChI is InChI=1S/C19H20FN5O2S/c1-12-13(2)21-11-25(18(12)27)10-16(26)23-6-8-24(9-7-23)19-22-17-14(20)4-3-5-15(17)28-19/h3-5,11H,6-10H2,1-2H3. The van der Waals surface area contributed by atoms with Crippen molar-refractivity contribution in [3.8, 4) is 0 Å². The van der Waals surface area contributed by atoms with Crippen LogP contribution in [0, 0.1) is 19.7 Å². The smallest absolute Gasteiger partial charge is 0.256 e. The van der Waals surface area contributed by atoms with Crippen LogP contribution in [-0.2, 0) is 11.3 Å². The Kier molecular flexibility index (Phi) is 4.84. The van der Waals surface area contributed by atoms with Crippen molar-refractivity contribution in [2.45, 2.75) is 20.4 Å². The molecule has 0 N–H and O–H groups in total. The highest BCUT2D eigenvalue weighted by molar-refractivity contribution is 7.22. The maximum atomic E-state index is 13.9. The Morgan fingerprint density at radius 3 is 2.68 bits per heavy atom. The van der Waals surface area contributed by atoms with Crippen molar-refractivity contribution in [3.05, 3.63) is 52.0 Å². The molecule has 0 spiro atoms. The molecule has 0 bridgehead atoms. The summed E-state index contributed by atoms with van der Waals surface area (Å²) in [4.78, 5) is 37.3. The third-order valence-electron chi connectivity index (χ3n) is 5.08. The molecule has 0 atom stereocenters. The Morgan fingerprint density at radius 2 is 1.96 bits per heavy atom. The number of nitrogens with zero attached hydrogens (tertiary/aromatic N) is 5. The minimum Gasteiger partial charge on any atom is -0.345 e. The summed E-state index contributed by atoms with van der Waals surface area (Å²) in [7, 11) is 0. The van der Waals surface area contributed by atoms with Gasteiger partial charge >= 0.3 is 0 Å². The van der Waals surface area contributed by atoms with E-state index in [4.69, 9.17) is 0 Å². The monoisotopic (exact) mass is 401 g/mol. The zero-order valence-corrected chi connectivity index (χ0v) is 16.5. The van der Waals surface area contributed by atoms with E-state index in [1.807, 2.05) is 6.07 Å². The molecule has 2 aromatic heterocycles. The molecule has 1 fully saturated rings. The van der Waals surface area contributed by atoms with Gasteiger partial charge in [0.25, 0.3) is 5.56 Å². The van der Waals surface area contributed by atoms with Gasteiger partial charge < -0.3 is 9.80 Å². The van der Waals surface area contributed by atoms with Crippen molar-refractivity contribution in [3.63, 3.8) is 0 Å². The summed E-state index contributed by atoms with van der Waals surface area (Å²) in [5, 5.41) is 0.766.